The zero-order chi connectivity index (χ0) is 29.0. The summed E-state index contributed by atoms with van der Waals surface area (Å²) < 4.78 is 54.4. The molecule has 3 N–H and O–H groups in total. The number of ether oxygens (including phenoxy) is 2. The summed E-state index contributed by atoms with van der Waals surface area (Å²) in [6.45, 7) is 2.61. The Morgan fingerprint density at radius 1 is 1.22 bits per heavy atom. The zero-order valence-electron chi connectivity index (χ0n) is 22.8. The molecule has 0 aliphatic carbocycles. The highest BCUT2D eigenvalue weighted by molar-refractivity contribution is 5.79. The number of quaternary nitrogens is 1. The van der Waals surface area contributed by atoms with Crippen LogP contribution in [0.25, 0.3) is 0 Å². The van der Waals surface area contributed by atoms with Crippen LogP contribution in [0, 0.1) is 5.92 Å². The van der Waals surface area contributed by atoms with Gasteiger partial charge in [0.25, 0.3) is 0 Å². The number of hydrogen-bond acceptors (Lipinski definition) is 8. The highest BCUT2D eigenvalue weighted by atomic mass is 19.4. The van der Waals surface area contributed by atoms with E-state index in [1.165, 1.54) is 0 Å². The van der Waals surface area contributed by atoms with Gasteiger partial charge in [-0.05, 0) is 24.1 Å². The molecule has 2 unspecified atom stereocenters. The summed E-state index contributed by atoms with van der Waals surface area (Å²) >= 11 is 0. The summed E-state index contributed by atoms with van der Waals surface area (Å²) in [6.07, 6.45) is -2.68. The maximum atomic E-state index is 14.1. The van der Waals surface area contributed by atoms with E-state index in [0.717, 1.165) is 24.7 Å². The van der Waals surface area contributed by atoms with Gasteiger partial charge in [-0.25, -0.2) is 18.9 Å². The lowest BCUT2D eigenvalue weighted by atomic mass is 9.94. The van der Waals surface area contributed by atoms with Crippen LogP contribution in [-0.4, -0.2) is 108 Å². The van der Waals surface area contributed by atoms with Gasteiger partial charge < -0.3 is 25.3 Å². The molecule has 3 aliphatic heterocycles. The van der Waals surface area contributed by atoms with Gasteiger partial charge in [0.1, 0.15) is 12.3 Å². The molecule has 41 heavy (non-hydrogen) atoms. The highest BCUT2D eigenvalue weighted by Gasteiger charge is 2.51. The number of rotatable bonds is 10. The van der Waals surface area contributed by atoms with Gasteiger partial charge >= 0.3 is 18.1 Å². The van der Waals surface area contributed by atoms with Crippen LogP contribution in [0.2, 0.25) is 0 Å². The Morgan fingerprint density at radius 2 is 2.02 bits per heavy atom. The molecule has 1 amide bonds. The van der Waals surface area contributed by atoms with Crippen molar-refractivity contribution in [3.05, 3.63) is 41.2 Å². The Bertz CT molecular complexity index is 1230. The number of benzene rings is 1. The number of morpholine rings is 1. The monoisotopic (exact) mass is 581 g/mol. The molecular weight excluding hydrogens is 545 g/mol. The van der Waals surface area contributed by atoms with E-state index in [-0.39, 0.29) is 26.1 Å². The minimum Gasteiger partial charge on any atom is -0.493 e. The van der Waals surface area contributed by atoms with E-state index in [0.29, 0.717) is 56.2 Å². The van der Waals surface area contributed by atoms with Crippen molar-refractivity contribution >= 4 is 17.8 Å². The Morgan fingerprint density at radius 3 is 2.76 bits per heavy atom. The molecule has 1 aromatic carbocycles. The molecule has 0 bridgehead atoms. The molecular formula is C27H36F3N6O5+. The quantitative estimate of drug-likeness (QED) is 0.362. The van der Waals surface area contributed by atoms with Crippen LogP contribution < -0.4 is 15.5 Å². The normalized spacial score (nSPS) is 23.1. The molecule has 1 aromatic heterocycles. The Hall–Kier alpha value is -3.36. The average Bonchev–Trinajstić information content (AvgIpc) is 3.30. The third-order valence-electron chi connectivity index (χ3n) is 7.86. The van der Waals surface area contributed by atoms with E-state index >= 15 is 0 Å². The van der Waals surface area contributed by atoms with Crippen molar-refractivity contribution < 1.29 is 41.8 Å². The van der Waals surface area contributed by atoms with Crippen molar-refractivity contribution in [1.82, 2.24) is 14.6 Å². The van der Waals surface area contributed by atoms with Crippen molar-refractivity contribution in [3.8, 4) is 5.75 Å². The summed E-state index contributed by atoms with van der Waals surface area (Å²) in [4.78, 5) is 32.0. The molecule has 0 radical (unpaired) electrons. The number of nitrogens with zero attached hydrogens (tertiary/aromatic N) is 4. The number of nitrogens with one attached hydrogen (secondary N) is 2. The molecule has 1 fully saturated rings. The summed E-state index contributed by atoms with van der Waals surface area (Å²) in [5.74, 6) is -1.75. The number of aliphatic carboxylic acids is 1. The van der Waals surface area contributed by atoms with Crippen LogP contribution in [0.3, 0.4) is 0 Å². The number of halogens is 3. The summed E-state index contributed by atoms with van der Waals surface area (Å²) in [5.41, 5.74) is 5.26. The summed E-state index contributed by atoms with van der Waals surface area (Å²) in [5, 5.41) is 12.7. The SMILES string of the molecule is O=C(O)CC1Cc2ccc(OCCc3cn4c(n3)NCCN4)cc2C[N+](CCN2CCOCC2)(CC(F)(F)F)C1=O. The smallest absolute Gasteiger partial charge is 0.438 e. The number of imidazole rings is 1. The number of fused-ring (bicyclic) bond motifs is 2. The first-order valence-corrected chi connectivity index (χ1v) is 13.9. The zero-order valence-corrected chi connectivity index (χ0v) is 22.8. The van der Waals surface area contributed by atoms with Gasteiger partial charge in [0.2, 0.25) is 5.95 Å². The van der Waals surface area contributed by atoms with Gasteiger partial charge in [0, 0.05) is 44.7 Å². The predicted octanol–water partition coefficient (Wildman–Crippen LogP) is 1.86. The number of anilines is 1. The number of alkyl halides is 3. The number of carboxylic acids is 1. The minimum absolute atomic E-state index is 0.0658. The topological polar surface area (TPSA) is 118 Å². The van der Waals surface area contributed by atoms with Crippen molar-refractivity contribution in [2.45, 2.75) is 32.0 Å². The third kappa shape index (κ3) is 7.29. The van der Waals surface area contributed by atoms with Gasteiger partial charge in [-0.1, -0.05) is 6.07 Å². The number of amides is 1. The molecule has 11 nitrogen and oxygen atoms in total. The standard InChI is InChI=1S/C27H35F3N6O5/c28-27(29,30)18-36(9-6-34-7-11-40-12-8-34)17-21-14-23(2-1-19(21)13-20(25(36)39)15-24(37)38)41-10-3-22-16-35-26(33-22)31-4-5-32-35/h1-2,14,16,20,32H,3-13,15,17-18H2,(H-,31,33,37,38)/p+1. The number of carbonyl (C=O) groups is 2. The number of hydrogen-bond donors (Lipinski definition) is 3. The average molecular weight is 582 g/mol. The second-order valence-corrected chi connectivity index (χ2v) is 10.9. The lowest BCUT2D eigenvalue weighted by molar-refractivity contribution is -0.879. The first-order chi connectivity index (χ1) is 19.6. The van der Waals surface area contributed by atoms with E-state index in [9.17, 15) is 27.9 Å². The fourth-order valence-electron chi connectivity index (χ4n) is 5.87. The Kier molecular flexibility index (Phi) is 8.71. The molecule has 14 heteroatoms. The number of aromatic nitrogens is 2. The molecule has 0 spiro atoms. The van der Waals surface area contributed by atoms with Crippen LogP contribution in [-0.2, 0) is 33.7 Å². The highest BCUT2D eigenvalue weighted by Crippen LogP contribution is 2.35. The Labute approximate surface area is 235 Å². The van der Waals surface area contributed by atoms with Crippen molar-refractivity contribution in [1.29, 1.82) is 0 Å². The Balaban J connectivity index is 1.38. The van der Waals surface area contributed by atoms with Gasteiger partial charge in [-0.2, -0.15) is 13.2 Å². The van der Waals surface area contributed by atoms with Gasteiger partial charge in [0.05, 0.1) is 50.6 Å². The second-order valence-electron chi connectivity index (χ2n) is 10.9. The molecule has 1 saturated heterocycles. The van der Waals surface area contributed by atoms with Crippen molar-refractivity contribution in [2.24, 2.45) is 5.92 Å². The van der Waals surface area contributed by atoms with Crippen LogP contribution >= 0.6 is 0 Å². The molecule has 4 heterocycles. The van der Waals surface area contributed by atoms with E-state index < -0.39 is 41.4 Å². The largest absolute Gasteiger partial charge is 0.493 e. The molecule has 2 atom stereocenters. The first kappa shape index (κ1) is 29.1. The van der Waals surface area contributed by atoms with Crippen molar-refractivity contribution in [3.63, 3.8) is 0 Å². The van der Waals surface area contributed by atoms with Gasteiger partial charge in [0.15, 0.2) is 6.54 Å². The fourth-order valence-corrected chi connectivity index (χ4v) is 5.87. The maximum absolute atomic E-state index is 14.1. The van der Waals surface area contributed by atoms with E-state index in [1.807, 2.05) is 15.8 Å². The summed E-state index contributed by atoms with van der Waals surface area (Å²) in [6, 6.07) is 5.16. The van der Waals surface area contributed by atoms with Gasteiger partial charge in [-0.15, -0.1) is 0 Å². The molecule has 224 valence electrons. The predicted molar refractivity (Wildman–Crippen MR) is 142 cm³/mol. The van der Waals surface area contributed by atoms with Crippen molar-refractivity contribution in [2.75, 3.05) is 76.4 Å². The molecule has 0 saturated carbocycles. The van der Waals surface area contributed by atoms with E-state index in [2.05, 4.69) is 15.7 Å². The van der Waals surface area contributed by atoms with Crippen LogP contribution in [0.5, 0.6) is 5.75 Å². The lowest BCUT2D eigenvalue weighted by Gasteiger charge is -2.39. The second kappa shape index (κ2) is 12.2. The van der Waals surface area contributed by atoms with Crippen LogP contribution in [0.1, 0.15) is 23.2 Å². The third-order valence-corrected chi connectivity index (χ3v) is 7.86. The van der Waals surface area contributed by atoms with Crippen LogP contribution in [0.15, 0.2) is 24.4 Å². The number of carbonyl (C=O) groups excluding carboxylic acids is 1. The summed E-state index contributed by atoms with van der Waals surface area (Å²) in [7, 11) is 0. The van der Waals surface area contributed by atoms with Crippen LogP contribution in [0.4, 0.5) is 19.1 Å². The molecule has 2 aromatic rings. The maximum Gasteiger partial charge on any atom is 0.438 e. The number of carboxylic acid groups (broad SMARTS) is 1. The minimum atomic E-state index is -4.62. The van der Waals surface area contributed by atoms with Gasteiger partial charge in [-0.3, -0.25) is 9.69 Å². The van der Waals surface area contributed by atoms with E-state index in [4.69, 9.17) is 9.47 Å². The molecule has 5 rings (SSSR count). The van der Waals surface area contributed by atoms with E-state index in [1.54, 1.807) is 18.2 Å². The fraction of sp³-hybridized carbons (Fsp3) is 0.593. The molecule has 3 aliphatic rings. The lowest BCUT2D eigenvalue weighted by Crippen LogP contribution is -2.61. The first-order valence-electron chi connectivity index (χ1n) is 13.9.